The molecule has 1 heterocycles. The zero-order valence-corrected chi connectivity index (χ0v) is 21.1. The van der Waals surface area contributed by atoms with Gasteiger partial charge in [0.25, 0.3) is 0 Å². The Labute approximate surface area is 211 Å². The summed E-state index contributed by atoms with van der Waals surface area (Å²) >= 11 is 1.57. The van der Waals surface area contributed by atoms with Crippen LogP contribution < -0.4 is 5.32 Å². The van der Waals surface area contributed by atoms with Crippen LogP contribution >= 0.6 is 36.6 Å². The fourth-order valence-corrected chi connectivity index (χ4v) is 4.24. The second kappa shape index (κ2) is 14.2. The maximum atomic E-state index is 11.5. The Kier molecular flexibility index (Phi) is 12.5. The molecule has 2 aromatic carbocycles. The summed E-state index contributed by atoms with van der Waals surface area (Å²) in [6.07, 6.45) is 3.66. The molecule has 8 heteroatoms. The largest absolute Gasteiger partial charge is 0.478 e. The lowest BCUT2D eigenvalue weighted by molar-refractivity contribution is 0.0693. The number of nitrogens with one attached hydrogen (secondary N) is 1. The van der Waals surface area contributed by atoms with Crippen LogP contribution in [0.25, 0.3) is 11.1 Å². The van der Waals surface area contributed by atoms with E-state index in [1.54, 1.807) is 30.2 Å². The fourth-order valence-electron chi connectivity index (χ4n) is 3.26. The van der Waals surface area contributed by atoms with Crippen LogP contribution in [-0.4, -0.2) is 39.5 Å². The number of hydrogen-bond donors (Lipinski definition) is 3. The number of hydrogen-bond acceptors (Lipinski definition) is 5. The average molecular weight is 509 g/mol. The molecule has 5 nitrogen and oxygen atoms in total. The van der Waals surface area contributed by atoms with Gasteiger partial charge in [0.2, 0.25) is 0 Å². The van der Waals surface area contributed by atoms with E-state index in [0.717, 1.165) is 34.6 Å². The highest BCUT2D eigenvalue weighted by Crippen LogP contribution is 2.31. The first-order valence-electron chi connectivity index (χ1n) is 10.4. The Hall–Kier alpha value is -2.09. The number of rotatable bonds is 10. The van der Waals surface area contributed by atoms with E-state index in [9.17, 15) is 15.0 Å². The Morgan fingerprint density at radius 3 is 2.36 bits per heavy atom. The van der Waals surface area contributed by atoms with Crippen molar-refractivity contribution in [3.05, 3.63) is 83.7 Å². The van der Waals surface area contributed by atoms with Gasteiger partial charge < -0.3 is 15.5 Å². The number of thioether (sulfide) groups is 1. The van der Waals surface area contributed by atoms with Crippen LogP contribution in [0.2, 0.25) is 0 Å². The molecule has 1 aromatic heterocycles. The molecule has 3 aromatic rings. The number of benzene rings is 2. The lowest BCUT2D eigenvalue weighted by Gasteiger charge is -2.12. The maximum absolute atomic E-state index is 11.5. The highest BCUT2D eigenvalue weighted by molar-refractivity contribution is 8.00. The zero-order valence-electron chi connectivity index (χ0n) is 18.6. The van der Waals surface area contributed by atoms with Gasteiger partial charge in [0.05, 0.1) is 11.7 Å². The minimum absolute atomic E-state index is 0. The molecule has 3 N–H and O–H groups in total. The smallest absolute Gasteiger partial charge is 0.336 e. The molecule has 0 saturated carbocycles. The number of carboxylic acid groups (broad SMARTS) is 1. The Morgan fingerprint density at radius 1 is 1.06 bits per heavy atom. The van der Waals surface area contributed by atoms with Crippen LogP contribution in [0.5, 0.6) is 0 Å². The summed E-state index contributed by atoms with van der Waals surface area (Å²) in [6.45, 7) is 5.36. The molecule has 3 rings (SSSR count). The Balaban J connectivity index is 0.00000272. The van der Waals surface area contributed by atoms with E-state index in [4.69, 9.17) is 0 Å². The second-order valence-corrected chi connectivity index (χ2v) is 9.25. The van der Waals surface area contributed by atoms with Crippen molar-refractivity contribution >= 4 is 42.5 Å². The quantitative estimate of drug-likeness (QED) is 0.242. The lowest BCUT2D eigenvalue weighted by atomic mass is 10.0. The first-order valence-corrected chi connectivity index (χ1v) is 11.2. The summed E-state index contributed by atoms with van der Waals surface area (Å²) in [4.78, 5) is 16.3. The molecule has 33 heavy (non-hydrogen) atoms. The van der Waals surface area contributed by atoms with Gasteiger partial charge in [0, 0.05) is 34.6 Å². The van der Waals surface area contributed by atoms with E-state index in [0.29, 0.717) is 17.4 Å². The van der Waals surface area contributed by atoms with Crippen LogP contribution in [0.4, 0.5) is 0 Å². The highest BCUT2D eigenvalue weighted by atomic mass is 35.5. The number of aromatic nitrogens is 1. The highest BCUT2D eigenvalue weighted by Gasteiger charge is 2.13. The fraction of sp³-hybridized carbons (Fsp3) is 0.280. The summed E-state index contributed by atoms with van der Waals surface area (Å²) in [6, 6.07) is 17.5. The molecule has 0 saturated heterocycles. The standard InChI is InChI=1S/C25H28N2O3S.2ClH/c1-17(2)31-24-14-20(9-10-22(24)25(29)30)19-7-5-18(6-8-19)11-13-27-16-23(28)21-4-3-12-26-15-21;;/h3-10,12,14-15,17,23,27-28H,11,13,16H2,1-2H3,(H,29,30);2*1H/t23-;;/m1../s1. The topological polar surface area (TPSA) is 82.5 Å². The SMILES string of the molecule is CC(C)Sc1cc(-c2ccc(CCNC[C@@H](O)c3cccnc3)cc2)ccc1C(=O)O.Cl.Cl. The normalized spacial score (nSPS) is 11.4. The van der Waals surface area contributed by atoms with Gasteiger partial charge in [0.15, 0.2) is 0 Å². The van der Waals surface area contributed by atoms with Gasteiger partial charge in [-0.2, -0.15) is 0 Å². The minimum Gasteiger partial charge on any atom is -0.478 e. The predicted molar refractivity (Wildman–Crippen MR) is 140 cm³/mol. The number of aromatic carboxylic acids is 1. The van der Waals surface area contributed by atoms with Crippen molar-refractivity contribution in [2.45, 2.75) is 36.5 Å². The van der Waals surface area contributed by atoms with Gasteiger partial charge in [-0.3, -0.25) is 4.98 Å². The number of aliphatic hydroxyl groups is 1. The molecule has 0 unspecified atom stereocenters. The number of aliphatic hydroxyl groups excluding tert-OH is 1. The molecule has 0 aliphatic carbocycles. The minimum atomic E-state index is -0.897. The predicted octanol–water partition coefficient (Wildman–Crippen LogP) is 5.66. The summed E-state index contributed by atoms with van der Waals surface area (Å²) in [5.74, 6) is -0.897. The van der Waals surface area contributed by atoms with Crippen LogP contribution in [-0.2, 0) is 6.42 Å². The van der Waals surface area contributed by atoms with Crippen molar-refractivity contribution in [3.63, 3.8) is 0 Å². The molecule has 0 aliphatic heterocycles. The first-order chi connectivity index (χ1) is 14.9. The van der Waals surface area contributed by atoms with Crippen molar-refractivity contribution < 1.29 is 15.0 Å². The van der Waals surface area contributed by atoms with Gasteiger partial charge in [-0.05, 0) is 47.9 Å². The van der Waals surface area contributed by atoms with Crippen LogP contribution in [0, 0.1) is 0 Å². The summed E-state index contributed by atoms with van der Waals surface area (Å²) in [7, 11) is 0. The summed E-state index contributed by atoms with van der Waals surface area (Å²) < 4.78 is 0. The molecule has 0 aliphatic rings. The van der Waals surface area contributed by atoms with Gasteiger partial charge >= 0.3 is 5.97 Å². The molecule has 0 bridgehead atoms. The van der Waals surface area contributed by atoms with E-state index in [1.807, 2.05) is 24.3 Å². The number of halogens is 2. The number of carbonyl (C=O) groups is 1. The molecular formula is C25H30Cl2N2O3S. The molecular weight excluding hydrogens is 479 g/mol. The van der Waals surface area contributed by atoms with E-state index >= 15 is 0 Å². The van der Waals surface area contributed by atoms with Crippen LogP contribution in [0.3, 0.4) is 0 Å². The number of pyridine rings is 1. The Morgan fingerprint density at radius 2 is 1.76 bits per heavy atom. The van der Waals surface area contributed by atoms with Crippen molar-refractivity contribution in [1.82, 2.24) is 10.3 Å². The third kappa shape index (κ3) is 8.65. The van der Waals surface area contributed by atoms with Crippen molar-refractivity contribution in [2.24, 2.45) is 0 Å². The molecule has 0 amide bonds. The van der Waals surface area contributed by atoms with E-state index in [1.165, 1.54) is 5.56 Å². The molecule has 0 fully saturated rings. The maximum Gasteiger partial charge on any atom is 0.336 e. The molecule has 0 spiro atoms. The monoisotopic (exact) mass is 508 g/mol. The first kappa shape index (κ1) is 28.9. The van der Waals surface area contributed by atoms with E-state index < -0.39 is 12.1 Å². The van der Waals surface area contributed by atoms with Crippen molar-refractivity contribution in [2.75, 3.05) is 13.1 Å². The van der Waals surface area contributed by atoms with Gasteiger partial charge in [-0.1, -0.05) is 50.2 Å². The average Bonchev–Trinajstić information content (AvgIpc) is 2.77. The van der Waals surface area contributed by atoms with E-state index in [2.05, 4.69) is 48.4 Å². The number of nitrogens with zero attached hydrogens (tertiary/aromatic N) is 1. The second-order valence-electron chi connectivity index (χ2n) is 7.64. The van der Waals surface area contributed by atoms with Gasteiger partial charge in [-0.25, -0.2) is 4.79 Å². The Bertz CT molecular complexity index is 1000. The number of carboxylic acids is 1. The van der Waals surface area contributed by atoms with Crippen molar-refractivity contribution in [1.29, 1.82) is 0 Å². The lowest BCUT2D eigenvalue weighted by Crippen LogP contribution is -2.23. The third-order valence-corrected chi connectivity index (χ3v) is 5.92. The molecule has 178 valence electrons. The van der Waals surface area contributed by atoms with Crippen molar-refractivity contribution in [3.8, 4) is 11.1 Å². The van der Waals surface area contributed by atoms with Gasteiger partial charge in [0.1, 0.15) is 0 Å². The molecule has 1 atom stereocenters. The van der Waals surface area contributed by atoms with E-state index in [-0.39, 0.29) is 24.8 Å². The van der Waals surface area contributed by atoms with Crippen LogP contribution in [0.1, 0.15) is 41.4 Å². The van der Waals surface area contributed by atoms with Gasteiger partial charge in [-0.15, -0.1) is 36.6 Å². The molecule has 0 radical (unpaired) electrons. The zero-order chi connectivity index (χ0) is 22.2. The third-order valence-electron chi connectivity index (χ3n) is 4.86. The van der Waals surface area contributed by atoms with Crippen LogP contribution in [0.15, 0.2) is 71.9 Å². The summed E-state index contributed by atoms with van der Waals surface area (Å²) in [5.41, 5.74) is 4.43. The summed E-state index contributed by atoms with van der Waals surface area (Å²) in [5, 5.41) is 23.2.